The Labute approximate surface area is 103 Å². The molecule has 0 radical (unpaired) electrons. The standard InChI is InChI=1S/C12H22N4O/c1-4-10(5-7-13)15-12-14-8-6-11(16-12)17-9(2)3/h6,8-10H,4-5,7,13H2,1-3H3,(H,14,15,16). The molecule has 0 bridgehead atoms. The molecular weight excluding hydrogens is 216 g/mol. The molecule has 0 aliphatic rings. The van der Waals surface area contributed by atoms with Gasteiger partial charge in [0.1, 0.15) is 0 Å². The Morgan fingerprint density at radius 2 is 2.24 bits per heavy atom. The number of nitrogens with two attached hydrogens (primary N) is 1. The Morgan fingerprint density at radius 1 is 1.47 bits per heavy atom. The fraction of sp³-hybridized carbons (Fsp3) is 0.667. The summed E-state index contributed by atoms with van der Waals surface area (Å²) in [6, 6.07) is 2.07. The van der Waals surface area contributed by atoms with Crippen LogP contribution in [0.3, 0.4) is 0 Å². The first kappa shape index (κ1) is 13.7. The van der Waals surface area contributed by atoms with Gasteiger partial charge in [0.25, 0.3) is 0 Å². The monoisotopic (exact) mass is 238 g/mol. The Bertz CT molecular complexity index is 330. The summed E-state index contributed by atoms with van der Waals surface area (Å²) < 4.78 is 5.51. The van der Waals surface area contributed by atoms with Gasteiger partial charge in [-0.3, -0.25) is 0 Å². The first-order valence-corrected chi connectivity index (χ1v) is 6.12. The highest BCUT2D eigenvalue weighted by Gasteiger charge is 2.08. The molecule has 5 nitrogen and oxygen atoms in total. The zero-order valence-corrected chi connectivity index (χ0v) is 10.8. The van der Waals surface area contributed by atoms with Crippen LogP contribution in [0.1, 0.15) is 33.6 Å². The van der Waals surface area contributed by atoms with Gasteiger partial charge in [0, 0.05) is 18.3 Å². The molecule has 1 rings (SSSR count). The Balaban J connectivity index is 2.63. The van der Waals surface area contributed by atoms with E-state index in [0.717, 1.165) is 12.8 Å². The Hall–Kier alpha value is -1.36. The van der Waals surface area contributed by atoms with Crippen LogP contribution in [-0.4, -0.2) is 28.7 Å². The highest BCUT2D eigenvalue weighted by atomic mass is 16.5. The summed E-state index contributed by atoms with van der Waals surface area (Å²) in [6.45, 7) is 6.71. The van der Waals surface area contributed by atoms with Crippen molar-refractivity contribution in [2.45, 2.75) is 45.8 Å². The molecule has 0 fully saturated rings. The van der Waals surface area contributed by atoms with Crippen LogP contribution in [0.25, 0.3) is 0 Å². The van der Waals surface area contributed by atoms with Gasteiger partial charge in [0.05, 0.1) is 6.10 Å². The van der Waals surface area contributed by atoms with Crippen LogP contribution in [0.2, 0.25) is 0 Å². The molecule has 96 valence electrons. The second kappa shape index (κ2) is 7.06. The molecule has 0 aromatic carbocycles. The van der Waals surface area contributed by atoms with E-state index >= 15 is 0 Å². The molecule has 1 aromatic heterocycles. The lowest BCUT2D eigenvalue weighted by Crippen LogP contribution is -2.23. The third kappa shape index (κ3) is 4.99. The van der Waals surface area contributed by atoms with Crippen LogP contribution in [-0.2, 0) is 0 Å². The molecule has 1 atom stereocenters. The zero-order chi connectivity index (χ0) is 12.7. The Morgan fingerprint density at radius 3 is 2.82 bits per heavy atom. The van der Waals surface area contributed by atoms with E-state index in [1.54, 1.807) is 12.3 Å². The number of nitrogens with one attached hydrogen (secondary N) is 1. The lowest BCUT2D eigenvalue weighted by Gasteiger charge is -2.16. The minimum atomic E-state index is 0.115. The van der Waals surface area contributed by atoms with Gasteiger partial charge in [-0.2, -0.15) is 4.98 Å². The molecule has 0 saturated carbocycles. The van der Waals surface area contributed by atoms with Crippen molar-refractivity contribution in [2.75, 3.05) is 11.9 Å². The SMILES string of the molecule is CCC(CCN)Nc1nccc(OC(C)C)n1. The summed E-state index contributed by atoms with van der Waals surface area (Å²) in [4.78, 5) is 8.47. The van der Waals surface area contributed by atoms with Crippen molar-refractivity contribution >= 4 is 5.95 Å². The number of rotatable bonds is 7. The summed E-state index contributed by atoms with van der Waals surface area (Å²) in [6.07, 6.45) is 3.72. The van der Waals surface area contributed by atoms with E-state index in [1.807, 2.05) is 13.8 Å². The smallest absolute Gasteiger partial charge is 0.226 e. The number of ether oxygens (including phenoxy) is 1. The lowest BCUT2D eigenvalue weighted by molar-refractivity contribution is 0.232. The predicted molar refractivity (Wildman–Crippen MR) is 69.2 cm³/mol. The van der Waals surface area contributed by atoms with Gasteiger partial charge in [-0.05, 0) is 33.2 Å². The summed E-state index contributed by atoms with van der Waals surface area (Å²) in [7, 11) is 0. The molecule has 0 aliphatic heterocycles. The van der Waals surface area contributed by atoms with Gasteiger partial charge in [-0.25, -0.2) is 4.98 Å². The number of aromatic nitrogens is 2. The molecular formula is C12H22N4O. The summed E-state index contributed by atoms with van der Waals surface area (Å²) in [5, 5.41) is 3.26. The fourth-order valence-electron chi connectivity index (χ4n) is 1.48. The number of anilines is 1. The normalized spacial score (nSPS) is 12.5. The predicted octanol–water partition coefficient (Wildman–Crippen LogP) is 1.80. The molecule has 1 aromatic rings. The largest absolute Gasteiger partial charge is 0.475 e. The van der Waals surface area contributed by atoms with Crippen LogP contribution in [0, 0.1) is 0 Å². The molecule has 0 aliphatic carbocycles. The number of hydrogen-bond donors (Lipinski definition) is 2. The average Bonchev–Trinajstić information content (AvgIpc) is 2.28. The van der Waals surface area contributed by atoms with Crippen LogP contribution < -0.4 is 15.8 Å². The van der Waals surface area contributed by atoms with E-state index in [1.165, 1.54) is 0 Å². The molecule has 0 saturated heterocycles. The van der Waals surface area contributed by atoms with Gasteiger partial charge in [0.2, 0.25) is 11.8 Å². The third-order valence-electron chi connectivity index (χ3n) is 2.33. The van der Waals surface area contributed by atoms with Crippen molar-refractivity contribution in [2.24, 2.45) is 5.73 Å². The fourth-order valence-corrected chi connectivity index (χ4v) is 1.48. The van der Waals surface area contributed by atoms with Gasteiger partial charge in [-0.1, -0.05) is 6.92 Å². The number of nitrogens with zero attached hydrogens (tertiary/aromatic N) is 2. The third-order valence-corrected chi connectivity index (χ3v) is 2.33. The topological polar surface area (TPSA) is 73.1 Å². The quantitative estimate of drug-likeness (QED) is 0.757. The summed E-state index contributed by atoms with van der Waals surface area (Å²) in [5.41, 5.74) is 5.55. The van der Waals surface area contributed by atoms with Crippen molar-refractivity contribution in [3.05, 3.63) is 12.3 Å². The number of hydrogen-bond acceptors (Lipinski definition) is 5. The van der Waals surface area contributed by atoms with Gasteiger partial charge in [-0.15, -0.1) is 0 Å². The first-order chi connectivity index (χ1) is 8.15. The van der Waals surface area contributed by atoms with Gasteiger partial charge >= 0.3 is 0 Å². The molecule has 1 heterocycles. The highest BCUT2D eigenvalue weighted by Crippen LogP contribution is 2.12. The van der Waals surface area contributed by atoms with E-state index in [9.17, 15) is 0 Å². The molecule has 0 spiro atoms. The molecule has 3 N–H and O–H groups in total. The first-order valence-electron chi connectivity index (χ1n) is 6.12. The minimum Gasteiger partial charge on any atom is -0.475 e. The maximum absolute atomic E-state index is 5.55. The van der Waals surface area contributed by atoms with Crippen molar-refractivity contribution < 1.29 is 4.74 Å². The van der Waals surface area contributed by atoms with Crippen molar-refractivity contribution in [3.8, 4) is 5.88 Å². The summed E-state index contributed by atoms with van der Waals surface area (Å²) in [5.74, 6) is 1.20. The lowest BCUT2D eigenvalue weighted by atomic mass is 10.1. The van der Waals surface area contributed by atoms with E-state index in [4.69, 9.17) is 10.5 Å². The average molecular weight is 238 g/mol. The van der Waals surface area contributed by atoms with Crippen molar-refractivity contribution in [1.29, 1.82) is 0 Å². The zero-order valence-electron chi connectivity index (χ0n) is 10.8. The van der Waals surface area contributed by atoms with Crippen LogP contribution >= 0.6 is 0 Å². The van der Waals surface area contributed by atoms with E-state index < -0.39 is 0 Å². The second-order valence-electron chi connectivity index (χ2n) is 4.21. The van der Waals surface area contributed by atoms with Crippen LogP contribution in [0.4, 0.5) is 5.95 Å². The second-order valence-corrected chi connectivity index (χ2v) is 4.21. The molecule has 0 amide bonds. The van der Waals surface area contributed by atoms with Crippen LogP contribution in [0.5, 0.6) is 5.88 Å². The Kier molecular flexibility index (Phi) is 5.69. The molecule has 17 heavy (non-hydrogen) atoms. The van der Waals surface area contributed by atoms with E-state index in [-0.39, 0.29) is 6.10 Å². The van der Waals surface area contributed by atoms with Crippen LogP contribution in [0.15, 0.2) is 12.3 Å². The van der Waals surface area contributed by atoms with Crippen molar-refractivity contribution in [3.63, 3.8) is 0 Å². The van der Waals surface area contributed by atoms with E-state index in [0.29, 0.717) is 24.4 Å². The summed E-state index contributed by atoms with van der Waals surface area (Å²) >= 11 is 0. The van der Waals surface area contributed by atoms with Crippen molar-refractivity contribution in [1.82, 2.24) is 9.97 Å². The molecule has 5 heteroatoms. The van der Waals surface area contributed by atoms with E-state index in [2.05, 4.69) is 22.2 Å². The van der Waals surface area contributed by atoms with Gasteiger partial charge in [0.15, 0.2) is 0 Å². The maximum atomic E-state index is 5.55. The maximum Gasteiger partial charge on any atom is 0.226 e. The molecule has 1 unspecified atom stereocenters. The minimum absolute atomic E-state index is 0.115. The highest BCUT2D eigenvalue weighted by molar-refractivity contribution is 5.28. The van der Waals surface area contributed by atoms with Gasteiger partial charge < -0.3 is 15.8 Å².